The molecule has 0 radical (unpaired) electrons. The fourth-order valence-corrected chi connectivity index (χ4v) is 2.85. The van der Waals surface area contributed by atoms with Crippen molar-refractivity contribution in [3.8, 4) is 0 Å². The van der Waals surface area contributed by atoms with Crippen LogP contribution in [0.3, 0.4) is 0 Å². The van der Waals surface area contributed by atoms with E-state index >= 15 is 0 Å². The van der Waals surface area contributed by atoms with Crippen LogP contribution in [0.1, 0.15) is 26.3 Å². The van der Waals surface area contributed by atoms with Crippen molar-refractivity contribution in [2.75, 3.05) is 17.7 Å². The van der Waals surface area contributed by atoms with Gasteiger partial charge in [0, 0.05) is 18.9 Å². The summed E-state index contributed by atoms with van der Waals surface area (Å²) in [7, 11) is 1.49. The summed E-state index contributed by atoms with van der Waals surface area (Å²) < 4.78 is 13.7. The van der Waals surface area contributed by atoms with Crippen molar-refractivity contribution in [1.29, 1.82) is 0 Å². The predicted octanol–water partition coefficient (Wildman–Crippen LogP) is 4.54. The molecular formula is C21H18ClFN4O2. The third-order valence-corrected chi connectivity index (χ3v) is 4.60. The molecule has 0 fully saturated rings. The number of hydrogen-bond donors (Lipinski definition) is 3. The molecule has 2 amide bonds. The smallest absolute Gasteiger partial charge is 0.257 e. The average Bonchev–Trinajstić information content (AvgIpc) is 2.72. The van der Waals surface area contributed by atoms with E-state index < -0.39 is 11.7 Å². The van der Waals surface area contributed by atoms with Gasteiger partial charge in [-0.1, -0.05) is 35.9 Å². The van der Waals surface area contributed by atoms with E-state index in [1.54, 1.807) is 0 Å². The van der Waals surface area contributed by atoms with Gasteiger partial charge in [-0.15, -0.1) is 0 Å². The van der Waals surface area contributed by atoms with Crippen molar-refractivity contribution in [2.24, 2.45) is 0 Å². The molecule has 148 valence electrons. The number of nitrogens with one attached hydrogen (secondary N) is 3. The molecule has 3 rings (SSSR count). The number of anilines is 3. The zero-order valence-electron chi connectivity index (χ0n) is 15.7. The molecule has 3 aromatic rings. The number of carbonyl (C=O) groups is 2. The lowest BCUT2D eigenvalue weighted by molar-refractivity contribution is 0.0961. The molecule has 0 aliphatic rings. The first-order valence-corrected chi connectivity index (χ1v) is 9.08. The lowest BCUT2D eigenvalue weighted by Gasteiger charge is -2.15. The van der Waals surface area contributed by atoms with Gasteiger partial charge in [0.1, 0.15) is 5.82 Å². The Morgan fingerprint density at radius 1 is 1.03 bits per heavy atom. The standard InChI is InChI=1S/C21H18ClFN4O2/c1-12-6-3-4-9-16(12)26-19-17(10-13(11-25-19)20(28)24-2)27-21(29)14-7-5-8-15(23)18(14)22/h3-11H,1-2H3,(H,24,28)(H,25,26)(H,27,29). The van der Waals surface area contributed by atoms with Crippen LogP contribution in [-0.4, -0.2) is 23.8 Å². The van der Waals surface area contributed by atoms with Gasteiger partial charge >= 0.3 is 0 Å². The average molecular weight is 413 g/mol. The molecule has 1 aromatic heterocycles. The van der Waals surface area contributed by atoms with Crippen LogP contribution in [0, 0.1) is 12.7 Å². The first kappa shape index (κ1) is 20.3. The zero-order valence-corrected chi connectivity index (χ0v) is 16.5. The Morgan fingerprint density at radius 3 is 2.52 bits per heavy atom. The third-order valence-electron chi connectivity index (χ3n) is 4.22. The number of pyridine rings is 1. The molecule has 0 saturated carbocycles. The fourth-order valence-electron chi connectivity index (χ4n) is 2.64. The number of halogens is 2. The second-order valence-electron chi connectivity index (χ2n) is 6.19. The lowest BCUT2D eigenvalue weighted by atomic mass is 10.1. The van der Waals surface area contributed by atoms with Crippen LogP contribution in [-0.2, 0) is 0 Å². The van der Waals surface area contributed by atoms with Crippen molar-refractivity contribution >= 4 is 40.6 Å². The van der Waals surface area contributed by atoms with Gasteiger partial charge < -0.3 is 16.0 Å². The predicted molar refractivity (Wildman–Crippen MR) is 111 cm³/mol. The molecule has 1 heterocycles. The van der Waals surface area contributed by atoms with Gasteiger partial charge in [0.25, 0.3) is 11.8 Å². The minimum Gasteiger partial charge on any atom is -0.355 e. The summed E-state index contributed by atoms with van der Waals surface area (Å²) in [5.41, 5.74) is 2.23. The summed E-state index contributed by atoms with van der Waals surface area (Å²) in [6, 6.07) is 13.0. The van der Waals surface area contributed by atoms with E-state index in [2.05, 4.69) is 20.9 Å². The SMILES string of the molecule is CNC(=O)c1cnc(Nc2ccccc2C)c(NC(=O)c2cccc(F)c2Cl)c1. The summed E-state index contributed by atoms with van der Waals surface area (Å²) in [4.78, 5) is 29.0. The highest BCUT2D eigenvalue weighted by Crippen LogP contribution is 2.28. The van der Waals surface area contributed by atoms with E-state index in [9.17, 15) is 14.0 Å². The van der Waals surface area contributed by atoms with E-state index in [4.69, 9.17) is 11.6 Å². The largest absolute Gasteiger partial charge is 0.355 e. The van der Waals surface area contributed by atoms with Crippen LogP contribution in [0.4, 0.5) is 21.6 Å². The number of rotatable bonds is 5. The minimum atomic E-state index is -0.699. The second-order valence-corrected chi connectivity index (χ2v) is 6.57. The number of amides is 2. The quantitative estimate of drug-likeness (QED) is 0.574. The summed E-state index contributed by atoms with van der Waals surface area (Å²) in [5.74, 6) is -1.36. The number of carbonyl (C=O) groups excluding carboxylic acids is 2. The molecule has 0 saturated heterocycles. The van der Waals surface area contributed by atoms with Crippen molar-refractivity contribution in [1.82, 2.24) is 10.3 Å². The monoisotopic (exact) mass is 412 g/mol. The van der Waals surface area contributed by atoms with Gasteiger partial charge in [-0.2, -0.15) is 0 Å². The van der Waals surface area contributed by atoms with Crippen LogP contribution in [0.15, 0.2) is 54.7 Å². The van der Waals surface area contributed by atoms with Gasteiger partial charge in [-0.05, 0) is 36.8 Å². The first-order valence-electron chi connectivity index (χ1n) is 8.71. The molecule has 0 atom stereocenters. The summed E-state index contributed by atoms with van der Waals surface area (Å²) >= 11 is 5.92. The van der Waals surface area contributed by atoms with E-state index in [1.807, 2.05) is 31.2 Å². The molecule has 0 unspecified atom stereocenters. The molecule has 8 heteroatoms. The molecule has 0 spiro atoms. The summed E-state index contributed by atoms with van der Waals surface area (Å²) in [5, 5.41) is 8.02. The van der Waals surface area contributed by atoms with Gasteiger partial charge in [0.05, 0.1) is 21.8 Å². The van der Waals surface area contributed by atoms with E-state index in [1.165, 1.54) is 31.4 Å². The number of nitrogens with zero attached hydrogens (tertiary/aromatic N) is 1. The van der Waals surface area contributed by atoms with Crippen molar-refractivity contribution in [3.05, 3.63) is 82.3 Å². The third kappa shape index (κ3) is 4.52. The molecule has 6 nitrogen and oxygen atoms in total. The Bertz CT molecular complexity index is 1090. The van der Waals surface area contributed by atoms with Crippen LogP contribution in [0.5, 0.6) is 0 Å². The minimum absolute atomic E-state index is 0.0288. The molecular weight excluding hydrogens is 395 g/mol. The number of aromatic nitrogens is 1. The number of aryl methyl sites for hydroxylation is 1. The maximum absolute atomic E-state index is 13.7. The normalized spacial score (nSPS) is 10.3. The van der Waals surface area contributed by atoms with Gasteiger partial charge in [-0.3, -0.25) is 9.59 Å². The highest BCUT2D eigenvalue weighted by molar-refractivity contribution is 6.34. The molecule has 0 aliphatic carbocycles. The molecule has 3 N–H and O–H groups in total. The van der Waals surface area contributed by atoms with Crippen LogP contribution < -0.4 is 16.0 Å². The Labute approximate surface area is 172 Å². The zero-order chi connectivity index (χ0) is 21.0. The van der Waals surface area contributed by atoms with Gasteiger partial charge in [0.15, 0.2) is 5.82 Å². The summed E-state index contributed by atoms with van der Waals surface area (Å²) in [6.45, 7) is 1.92. The Balaban J connectivity index is 1.99. The van der Waals surface area contributed by atoms with Gasteiger partial charge in [-0.25, -0.2) is 9.37 Å². The number of benzene rings is 2. The second kappa shape index (κ2) is 8.70. The van der Waals surface area contributed by atoms with E-state index in [0.29, 0.717) is 5.82 Å². The molecule has 0 aliphatic heterocycles. The maximum atomic E-state index is 13.7. The molecule has 0 bridgehead atoms. The Morgan fingerprint density at radius 2 is 1.79 bits per heavy atom. The highest BCUT2D eigenvalue weighted by Gasteiger charge is 2.17. The number of hydrogen-bond acceptors (Lipinski definition) is 4. The van der Waals surface area contributed by atoms with E-state index in [-0.39, 0.29) is 27.7 Å². The highest BCUT2D eigenvalue weighted by atomic mass is 35.5. The Kier molecular flexibility index (Phi) is 6.09. The van der Waals surface area contributed by atoms with Crippen LogP contribution in [0.2, 0.25) is 5.02 Å². The van der Waals surface area contributed by atoms with Crippen molar-refractivity contribution < 1.29 is 14.0 Å². The Hall–Kier alpha value is -3.45. The topological polar surface area (TPSA) is 83.1 Å². The van der Waals surface area contributed by atoms with Gasteiger partial charge in [0.2, 0.25) is 0 Å². The number of para-hydroxylation sites is 1. The van der Waals surface area contributed by atoms with Crippen molar-refractivity contribution in [2.45, 2.75) is 6.92 Å². The molecule has 2 aromatic carbocycles. The molecule has 29 heavy (non-hydrogen) atoms. The van der Waals surface area contributed by atoms with E-state index in [0.717, 1.165) is 17.3 Å². The van der Waals surface area contributed by atoms with Crippen LogP contribution >= 0.6 is 11.6 Å². The lowest BCUT2D eigenvalue weighted by Crippen LogP contribution is -2.20. The maximum Gasteiger partial charge on any atom is 0.257 e. The first-order chi connectivity index (χ1) is 13.9. The van der Waals surface area contributed by atoms with Crippen LogP contribution in [0.25, 0.3) is 0 Å². The summed E-state index contributed by atoms with van der Waals surface area (Å²) in [6.07, 6.45) is 1.39. The van der Waals surface area contributed by atoms with Crippen molar-refractivity contribution in [3.63, 3.8) is 0 Å². The fraction of sp³-hybridized carbons (Fsp3) is 0.0952.